The second-order valence-corrected chi connectivity index (χ2v) is 3.62. The van der Waals surface area contributed by atoms with Crippen molar-refractivity contribution in [3.8, 4) is 0 Å². The van der Waals surface area contributed by atoms with E-state index in [0.717, 1.165) is 6.54 Å². The normalized spacial score (nSPS) is 19.5. The molecule has 0 aromatic rings. The Morgan fingerprint density at radius 1 is 1.55 bits per heavy atom. The Kier molecular flexibility index (Phi) is 2.49. The molecule has 3 nitrogen and oxygen atoms in total. The Morgan fingerprint density at radius 2 is 2.18 bits per heavy atom. The molecule has 0 spiro atoms. The molecule has 0 aliphatic heterocycles. The van der Waals surface area contributed by atoms with Gasteiger partial charge in [-0.25, -0.2) is 0 Å². The van der Waals surface area contributed by atoms with Crippen molar-refractivity contribution in [3.05, 3.63) is 0 Å². The number of carbonyl (C=O) groups is 1. The van der Waals surface area contributed by atoms with Gasteiger partial charge in [0.05, 0.1) is 6.54 Å². The minimum atomic E-state index is 0.0978. The van der Waals surface area contributed by atoms with Gasteiger partial charge < -0.3 is 10.6 Å². The van der Waals surface area contributed by atoms with Crippen LogP contribution in [0.1, 0.15) is 19.8 Å². The van der Waals surface area contributed by atoms with Gasteiger partial charge >= 0.3 is 0 Å². The summed E-state index contributed by atoms with van der Waals surface area (Å²) < 4.78 is 0. The van der Waals surface area contributed by atoms with Gasteiger partial charge in [0.1, 0.15) is 0 Å². The van der Waals surface area contributed by atoms with Crippen LogP contribution in [0.25, 0.3) is 0 Å². The van der Waals surface area contributed by atoms with Crippen molar-refractivity contribution in [1.82, 2.24) is 10.6 Å². The Labute approximate surface area is 67.5 Å². The fourth-order valence-electron chi connectivity index (χ4n) is 0.925. The van der Waals surface area contributed by atoms with Crippen LogP contribution >= 0.6 is 0 Å². The number of hydrogen-bond donors (Lipinski definition) is 2. The molecule has 0 atom stereocenters. The molecule has 0 unspecified atom stereocenters. The summed E-state index contributed by atoms with van der Waals surface area (Å²) in [5, 5.41) is 5.70. The highest BCUT2D eigenvalue weighted by atomic mass is 16.1. The Morgan fingerprint density at radius 3 is 2.64 bits per heavy atom. The molecule has 64 valence electrons. The summed E-state index contributed by atoms with van der Waals surface area (Å²) in [7, 11) is 1.78. The molecule has 1 saturated carbocycles. The number of likely N-dealkylation sites (N-methyl/N-ethyl adjacent to an activating group) is 1. The summed E-state index contributed by atoms with van der Waals surface area (Å²) in [5.41, 5.74) is 0.420. The van der Waals surface area contributed by atoms with Gasteiger partial charge in [-0.15, -0.1) is 0 Å². The predicted octanol–water partition coefficient (Wildman–Crippen LogP) is 0.122. The van der Waals surface area contributed by atoms with Crippen LogP contribution in [0, 0.1) is 5.41 Å². The minimum absolute atomic E-state index is 0.0978. The van der Waals surface area contributed by atoms with E-state index in [1.54, 1.807) is 7.05 Å². The molecule has 2 N–H and O–H groups in total. The van der Waals surface area contributed by atoms with Crippen LogP contribution in [0.3, 0.4) is 0 Å². The molecule has 0 radical (unpaired) electrons. The summed E-state index contributed by atoms with van der Waals surface area (Å²) >= 11 is 0. The van der Waals surface area contributed by atoms with Crippen molar-refractivity contribution in [2.75, 3.05) is 20.1 Å². The smallest absolute Gasteiger partial charge is 0.233 e. The first-order valence-corrected chi connectivity index (χ1v) is 4.08. The summed E-state index contributed by atoms with van der Waals surface area (Å²) in [6, 6.07) is 0. The molecule has 1 aliphatic rings. The van der Waals surface area contributed by atoms with Gasteiger partial charge in [0.25, 0.3) is 0 Å². The van der Waals surface area contributed by atoms with Gasteiger partial charge in [-0.05, 0) is 25.3 Å². The third kappa shape index (κ3) is 2.89. The quantitative estimate of drug-likeness (QED) is 0.607. The maximum absolute atomic E-state index is 10.9. The van der Waals surface area contributed by atoms with E-state index in [-0.39, 0.29) is 5.91 Å². The van der Waals surface area contributed by atoms with E-state index in [9.17, 15) is 4.79 Å². The molecular formula is C8H16N2O. The maximum Gasteiger partial charge on any atom is 0.233 e. The molecule has 11 heavy (non-hydrogen) atoms. The monoisotopic (exact) mass is 156 g/mol. The van der Waals surface area contributed by atoms with Gasteiger partial charge in [0.15, 0.2) is 0 Å². The third-order valence-electron chi connectivity index (χ3n) is 2.15. The van der Waals surface area contributed by atoms with Gasteiger partial charge in [0, 0.05) is 6.54 Å². The van der Waals surface area contributed by atoms with Crippen LogP contribution in [0.4, 0.5) is 0 Å². The van der Waals surface area contributed by atoms with Gasteiger partial charge in [-0.2, -0.15) is 0 Å². The first-order valence-electron chi connectivity index (χ1n) is 4.08. The number of carbonyl (C=O) groups excluding carboxylic acids is 1. The zero-order valence-electron chi connectivity index (χ0n) is 7.24. The second-order valence-electron chi connectivity index (χ2n) is 3.62. The van der Waals surface area contributed by atoms with Crippen molar-refractivity contribution in [2.45, 2.75) is 19.8 Å². The van der Waals surface area contributed by atoms with Gasteiger partial charge in [0.2, 0.25) is 5.91 Å². The lowest BCUT2D eigenvalue weighted by Crippen LogP contribution is -2.35. The summed E-state index contributed by atoms with van der Waals surface area (Å²) in [6.07, 6.45) is 2.51. The van der Waals surface area contributed by atoms with E-state index in [1.165, 1.54) is 12.8 Å². The zero-order valence-corrected chi connectivity index (χ0v) is 7.24. The van der Waals surface area contributed by atoms with Gasteiger partial charge in [-0.3, -0.25) is 4.79 Å². The third-order valence-corrected chi connectivity index (χ3v) is 2.15. The molecule has 0 aromatic heterocycles. The molecule has 0 heterocycles. The predicted molar refractivity (Wildman–Crippen MR) is 44.3 cm³/mol. The van der Waals surface area contributed by atoms with Crippen molar-refractivity contribution in [2.24, 2.45) is 5.41 Å². The standard InChI is InChI=1S/C8H16N2O/c1-8(3-4-8)6-10-7(11)5-9-2/h9H,3-6H2,1-2H3,(H,10,11). The van der Waals surface area contributed by atoms with Crippen LogP contribution in [0.2, 0.25) is 0 Å². The van der Waals surface area contributed by atoms with E-state index >= 15 is 0 Å². The number of nitrogens with one attached hydrogen (secondary N) is 2. The highest BCUT2D eigenvalue weighted by molar-refractivity contribution is 5.77. The van der Waals surface area contributed by atoms with Crippen LogP contribution in [-0.4, -0.2) is 26.0 Å². The number of amides is 1. The van der Waals surface area contributed by atoms with Crippen LogP contribution < -0.4 is 10.6 Å². The highest BCUT2D eigenvalue weighted by Gasteiger charge is 2.37. The summed E-state index contributed by atoms with van der Waals surface area (Å²) in [6.45, 7) is 3.47. The second kappa shape index (κ2) is 3.22. The maximum atomic E-state index is 10.9. The Hall–Kier alpha value is -0.570. The SMILES string of the molecule is CNCC(=O)NCC1(C)CC1. The minimum Gasteiger partial charge on any atom is -0.354 e. The lowest BCUT2D eigenvalue weighted by molar-refractivity contribution is -0.120. The average molecular weight is 156 g/mol. The van der Waals surface area contributed by atoms with Crippen molar-refractivity contribution >= 4 is 5.91 Å². The number of hydrogen-bond acceptors (Lipinski definition) is 2. The van der Waals surface area contributed by atoms with Crippen LogP contribution in [-0.2, 0) is 4.79 Å². The zero-order chi connectivity index (χ0) is 8.32. The molecule has 1 rings (SSSR count). The molecule has 0 bridgehead atoms. The molecule has 0 saturated heterocycles. The lowest BCUT2D eigenvalue weighted by Gasteiger charge is -2.09. The number of rotatable bonds is 4. The highest BCUT2D eigenvalue weighted by Crippen LogP contribution is 2.43. The van der Waals surface area contributed by atoms with Crippen molar-refractivity contribution < 1.29 is 4.79 Å². The van der Waals surface area contributed by atoms with E-state index in [4.69, 9.17) is 0 Å². The van der Waals surface area contributed by atoms with Crippen LogP contribution in [0.15, 0.2) is 0 Å². The van der Waals surface area contributed by atoms with E-state index in [1.807, 2.05) is 0 Å². The van der Waals surface area contributed by atoms with Crippen molar-refractivity contribution in [3.63, 3.8) is 0 Å². The van der Waals surface area contributed by atoms with E-state index in [0.29, 0.717) is 12.0 Å². The first-order chi connectivity index (χ1) is 5.16. The fraction of sp³-hybridized carbons (Fsp3) is 0.875. The molecule has 3 heteroatoms. The van der Waals surface area contributed by atoms with E-state index < -0.39 is 0 Å². The fourth-order valence-corrected chi connectivity index (χ4v) is 0.925. The average Bonchev–Trinajstić information content (AvgIpc) is 2.66. The lowest BCUT2D eigenvalue weighted by atomic mass is 10.1. The largest absolute Gasteiger partial charge is 0.354 e. The molecule has 1 aliphatic carbocycles. The van der Waals surface area contributed by atoms with Crippen LogP contribution in [0.5, 0.6) is 0 Å². The summed E-state index contributed by atoms with van der Waals surface area (Å²) in [5.74, 6) is 0.0978. The molecule has 1 amide bonds. The topological polar surface area (TPSA) is 41.1 Å². The Balaban J connectivity index is 2.06. The molecule has 0 aromatic carbocycles. The van der Waals surface area contributed by atoms with Crippen molar-refractivity contribution in [1.29, 1.82) is 0 Å². The van der Waals surface area contributed by atoms with E-state index in [2.05, 4.69) is 17.6 Å². The molecular weight excluding hydrogens is 140 g/mol. The molecule has 1 fully saturated rings. The van der Waals surface area contributed by atoms with Gasteiger partial charge in [-0.1, -0.05) is 6.92 Å². The first kappa shape index (κ1) is 8.53. The summed E-state index contributed by atoms with van der Waals surface area (Å²) in [4.78, 5) is 10.9. The Bertz CT molecular complexity index is 152.